The summed E-state index contributed by atoms with van der Waals surface area (Å²) in [7, 11) is 0. The van der Waals surface area contributed by atoms with Crippen molar-refractivity contribution in [1.82, 2.24) is 14.9 Å². The maximum absolute atomic E-state index is 12.9. The molecule has 0 saturated heterocycles. The van der Waals surface area contributed by atoms with Crippen molar-refractivity contribution in [1.29, 1.82) is 0 Å². The fourth-order valence-electron chi connectivity index (χ4n) is 3.20. The van der Waals surface area contributed by atoms with Gasteiger partial charge in [0.05, 0.1) is 12.2 Å². The number of H-pyrrole nitrogens is 1. The number of nitrogen functional groups attached to an aromatic ring is 1. The molecule has 6 heteroatoms. The molecule has 0 atom stereocenters. The Hall–Kier alpha value is -2.34. The van der Waals surface area contributed by atoms with Crippen LogP contribution in [0, 0.1) is 13.8 Å². The number of anilines is 1. The number of nitrogens with zero attached hydrogens (tertiary/aromatic N) is 2. The van der Waals surface area contributed by atoms with E-state index in [1.807, 2.05) is 17.9 Å². The Morgan fingerprint density at radius 3 is 3.04 bits per heavy atom. The number of hydrogen-bond acceptors (Lipinski definition) is 4. The van der Waals surface area contributed by atoms with Crippen LogP contribution in [0.1, 0.15) is 32.2 Å². The van der Waals surface area contributed by atoms with Gasteiger partial charge in [0.2, 0.25) is 0 Å². The largest absolute Gasteiger partial charge is 0.375 e. The lowest BCUT2D eigenvalue weighted by atomic mass is 10.1. The summed E-state index contributed by atoms with van der Waals surface area (Å²) in [5.74, 6) is 0.0500. The number of aryl methyl sites for hydroxylation is 2. The molecule has 0 aliphatic carbocycles. The van der Waals surface area contributed by atoms with Gasteiger partial charge < -0.3 is 15.6 Å². The van der Waals surface area contributed by atoms with Crippen molar-refractivity contribution >= 4 is 33.3 Å². The van der Waals surface area contributed by atoms with Crippen molar-refractivity contribution in [2.45, 2.75) is 26.8 Å². The van der Waals surface area contributed by atoms with Crippen LogP contribution in [-0.4, -0.2) is 27.3 Å². The third-order valence-corrected chi connectivity index (χ3v) is 5.37. The Morgan fingerprint density at radius 2 is 2.22 bits per heavy atom. The molecule has 3 aromatic rings. The second-order valence-electron chi connectivity index (χ2n) is 6.07. The third kappa shape index (κ3) is 2.30. The first-order valence-corrected chi connectivity index (χ1v) is 8.47. The van der Waals surface area contributed by atoms with E-state index in [4.69, 9.17) is 5.73 Å². The second kappa shape index (κ2) is 5.09. The van der Waals surface area contributed by atoms with Crippen LogP contribution >= 0.6 is 11.3 Å². The van der Waals surface area contributed by atoms with Crippen LogP contribution in [0.4, 0.5) is 5.13 Å². The summed E-state index contributed by atoms with van der Waals surface area (Å²) in [6.45, 7) is 5.35. The number of aromatic amines is 1. The van der Waals surface area contributed by atoms with E-state index < -0.39 is 0 Å². The van der Waals surface area contributed by atoms with Gasteiger partial charge in [0.25, 0.3) is 5.91 Å². The SMILES string of the molecule is Cc1ccc2[nH]c(C(=O)N3CCc4nc(N)sc4C3)c(C)c2c1. The van der Waals surface area contributed by atoms with E-state index in [0.717, 1.165) is 33.5 Å². The summed E-state index contributed by atoms with van der Waals surface area (Å²) >= 11 is 1.48. The zero-order valence-corrected chi connectivity index (χ0v) is 14.0. The van der Waals surface area contributed by atoms with Crippen molar-refractivity contribution in [3.8, 4) is 0 Å². The highest BCUT2D eigenvalue weighted by molar-refractivity contribution is 7.15. The highest BCUT2D eigenvalue weighted by Crippen LogP contribution is 2.29. The fraction of sp³-hybridized carbons (Fsp3) is 0.294. The van der Waals surface area contributed by atoms with Crippen LogP contribution in [0.25, 0.3) is 10.9 Å². The third-order valence-electron chi connectivity index (χ3n) is 4.46. The first-order chi connectivity index (χ1) is 11.0. The van der Waals surface area contributed by atoms with Gasteiger partial charge in [-0.1, -0.05) is 11.6 Å². The molecule has 0 saturated carbocycles. The topological polar surface area (TPSA) is 75.0 Å². The summed E-state index contributed by atoms with van der Waals surface area (Å²) in [5, 5.41) is 1.70. The molecule has 3 heterocycles. The molecule has 1 amide bonds. The first-order valence-electron chi connectivity index (χ1n) is 7.65. The van der Waals surface area contributed by atoms with Gasteiger partial charge in [0, 0.05) is 28.7 Å². The monoisotopic (exact) mass is 326 g/mol. The van der Waals surface area contributed by atoms with E-state index in [-0.39, 0.29) is 5.91 Å². The number of nitrogens with one attached hydrogen (secondary N) is 1. The van der Waals surface area contributed by atoms with Crippen LogP contribution < -0.4 is 5.73 Å². The highest BCUT2D eigenvalue weighted by atomic mass is 32.1. The number of rotatable bonds is 1. The smallest absolute Gasteiger partial charge is 0.270 e. The number of thiazole rings is 1. The lowest BCUT2D eigenvalue weighted by Crippen LogP contribution is -2.36. The van der Waals surface area contributed by atoms with Crippen molar-refractivity contribution in [3.63, 3.8) is 0 Å². The number of benzene rings is 1. The zero-order valence-electron chi connectivity index (χ0n) is 13.1. The van der Waals surface area contributed by atoms with Crippen molar-refractivity contribution in [2.75, 3.05) is 12.3 Å². The number of fused-ring (bicyclic) bond motifs is 2. The van der Waals surface area contributed by atoms with Crippen LogP contribution in [0.3, 0.4) is 0 Å². The Labute approximate surface area is 138 Å². The van der Waals surface area contributed by atoms with Gasteiger partial charge in [-0.3, -0.25) is 4.79 Å². The summed E-state index contributed by atoms with van der Waals surface area (Å²) in [4.78, 5) is 23.5. The second-order valence-corrected chi connectivity index (χ2v) is 7.19. The van der Waals surface area contributed by atoms with Crippen molar-refractivity contribution in [2.24, 2.45) is 0 Å². The zero-order chi connectivity index (χ0) is 16.1. The van der Waals surface area contributed by atoms with Gasteiger partial charge in [0.1, 0.15) is 5.69 Å². The predicted molar refractivity (Wildman–Crippen MR) is 92.7 cm³/mol. The summed E-state index contributed by atoms with van der Waals surface area (Å²) in [6.07, 6.45) is 0.771. The summed E-state index contributed by atoms with van der Waals surface area (Å²) < 4.78 is 0. The molecule has 0 radical (unpaired) electrons. The Balaban J connectivity index is 1.68. The lowest BCUT2D eigenvalue weighted by molar-refractivity contribution is 0.0730. The van der Waals surface area contributed by atoms with E-state index >= 15 is 0 Å². The lowest BCUT2D eigenvalue weighted by Gasteiger charge is -2.25. The molecule has 0 fully saturated rings. The number of aromatic nitrogens is 2. The van der Waals surface area contributed by atoms with Gasteiger partial charge in [-0.25, -0.2) is 4.98 Å². The molecule has 0 spiro atoms. The molecule has 0 unspecified atom stereocenters. The maximum Gasteiger partial charge on any atom is 0.270 e. The molecule has 2 aromatic heterocycles. The normalized spacial score (nSPS) is 14.3. The molecule has 4 rings (SSSR count). The van der Waals surface area contributed by atoms with Crippen LogP contribution in [-0.2, 0) is 13.0 Å². The van der Waals surface area contributed by atoms with E-state index in [0.29, 0.717) is 23.9 Å². The number of amides is 1. The minimum Gasteiger partial charge on any atom is -0.375 e. The van der Waals surface area contributed by atoms with Crippen molar-refractivity contribution in [3.05, 3.63) is 45.6 Å². The summed E-state index contributed by atoms with van der Waals surface area (Å²) in [5.41, 5.74) is 10.7. The molecule has 1 aromatic carbocycles. The van der Waals surface area contributed by atoms with Gasteiger partial charge in [-0.15, -0.1) is 11.3 Å². The van der Waals surface area contributed by atoms with Crippen LogP contribution in [0.15, 0.2) is 18.2 Å². The minimum atomic E-state index is 0.0500. The minimum absolute atomic E-state index is 0.0500. The molecule has 3 N–H and O–H groups in total. The Kier molecular flexibility index (Phi) is 3.16. The quantitative estimate of drug-likeness (QED) is 0.722. The average molecular weight is 326 g/mol. The van der Waals surface area contributed by atoms with Crippen molar-refractivity contribution < 1.29 is 4.79 Å². The first kappa shape index (κ1) is 14.3. The molecule has 118 valence electrons. The number of carbonyl (C=O) groups is 1. The van der Waals surface area contributed by atoms with Crippen LogP contribution in [0.2, 0.25) is 0 Å². The standard InChI is InChI=1S/C17H18N4OS/c1-9-3-4-12-11(7-9)10(2)15(19-12)16(22)21-6-5-13-14(8-21)23-17(18)20-13/h3-4,7,19H,5-6,8H2,1-2H3,(H2,18,20). The molecule has 1 aliphatic rings. The molecule has 5 nitrogen and oxygen atoms in total. The Bertz CT molecular complexity index is 924. The van der Waals surface area contributed by atoms with Gasteiger partial charge in [0.15, 0.2) is 5.13 Å². The maximum atomic E-state index is 12.9. The fourth-order valence-corrected chi connectivity index (χ4v) is 4.10. The molecular formula is C17H18N4OS. The number of hydrogen-bond donors (Lipinski definition) is 2. The van der Waals surface area contributed by atoms with Crippen LogP contribution in [0.5, 0.6) is 0 Å². The van der Waals surface area contributed by atoms with Gasteiger partial charge in [-0.2, -0.15) is 0 Å². The van der Waals surface area contributed by atoms with Gasteiger partial charge >= 0.3 is 0 Å². The van der Waals surface area contributed by atoms with E-state index in [9.17, 15) is 4.79 Å². The predicted octanol–water partition coefficient (Wildman–Crippen LogP) is 3.02. The average Bonchev–Trinajstić information content (AvgIpc) is 3.05. The molecule has 1 aliphatic heterocycles. The van der Waals surface area contributed by atoms with E-state index in [1.54, 1.807) is 0 Å². The molecule has 0 bridgehead atoms. The van der Waals surface area contributed by atoms with Gasteiger partial charge in [-0.05, 0) is 31.5 Å². The summed E-state index contributed by atoms with van der Waals surface area (Å²) in [6, 6.07) is 6.21. The molecule has 23 heavy (non-hydrogen) atoms. The van der Waals surface area contributed by atoms with E-state index in [2.05, 4.69) is 29.0 Å². The highest BCUT2D eigenvalue weighted by Gasteiger charge is 2.26. The Morgan fingerprint density at radius 1 is 1.39 bits per heavy atom. The molecular weight excluding hydrogens is 308 g/mol. The number of carbonyl (C=O) groups excluding carboxylic acids is 1. The number of nitrogens with two attached hydrogens (primary N) is 1. The van der Waals surface area contributed by atoms with E-state index in [1.165, 1.54) is 16.9 Å².